The minimum absolute atomic E-state index is 1.33. The fourth-order valence-electron chi connectivity index (χ4n) is 6.64. The quantitative estimate of drug-likeness (QED) is 0.176. The van der Waals surface area contributed by atoms with Crippen LogP contribution < -0.4 is 0 Å². The fraction of sp³-hybridized carbons (Fsp3) is 0. The Bertz CT molecular complexity index is 2180. The van der Waals surface area contributed by atoms with E-state index in [0.717, 1.165) is 0 Å². The topological polar surface area (TPSA) is 0 Å². The molecule has 32 heavy (non-hydrogen) atoms. The van der Waals surface area contributed by atoms with Gasteiger partial charge in [-0.05, 0) is 98.3 Å². The van der Waals surface area contributed by atoms with Crippen LogP contribution in [0.4, 0.5) is 0 Å². The van der Waals surface area contributed by atoms with E-state index in [0.29, 0.717) is 0 Å². The molecule has 0 radical (unpaired) electrons. The summed E-state index contributed by atoms with van der Waals surface area (Å²) < 4.78 is 0. The van der Waals surface area contributed by atoms with E-state index in [4.69, 9.17) is 0 Å². The van der Waals surface area contributed by atoms with E-state index in [2.05, 4.69) is 97.1 Å². The van der Waals surface area contributed by atoms with Gasteiger partial charge in [0.2, 0.25) is 0 Å². The van der Waals surface area contributed by atoms with Gasteiger partial charge in [0.1, 0.15) is 0 Å². The van der Waals surface area contributed by atoms with Gasteiger partial charge >= 0.3 is 0 Å². The second kappa shape index (κ2) is 5.00. The maximum Gasteiger partial charge on any atom is -0.000697 e. The predicted octanol–water partition coefficient (Wildman–Crippen LogP) is 9.23. The number of fused-ring (bicyclic) bond motifs is 4. The average molecular weight is 400 g/mol. The van der Waals surface area contributed by atoms with Crippen LogP contribution >= 0.6 is 0 Å². The van der Waals surface area contributed by atoms with Gasteiger partial charge < -0.3 is 0 Å². The van der Waals surface area contributed by atoms with Gasteiger partial charge in [-0.25, -0.2) is 0 Å². The third kappa shape index (κ3) is 1.57. The van der Waals surface area contributed by atoms with Crippen LogP contribution in [0.1, 0.15) is 0 Å². The number of rotatable bonds is 0. The molecule has 144 valence electrons. The van der Waals surface area contributed by atoms with Crippen LogP contribution in [0.3, 0.4) is 0 Å². The van der Waals surface area contributed by atoms with Crippen LogP contribution in [-0.4, -0.2) is 0 Å². The van der Waals surface area contributed by atoms with Crippen LogP contribution in [0, 0.1) is 0 Å². The molecule has 0 atom stereocenters. The van der Waals surface area contributed by atoms with Crippen molar-refractivity contribution in [2.45, 2.75) is 0 Å². The van der Waals surface area contributed by atoms with Crippen molar-refractivity contribution in [1.82, 2.24) is 0 Å². The lowest BCUT2D eigenvalue weighted by molar-refractivity contribution is 1.80. The van der Waals surface area contributed by atoms with Crippen LogP contribution in [0.5, 0.6) is 0 Å². The maximum atomic E-state index is 2.45. The minimum atomic E-state index is 1.33. The Labute approximate surface area is 183 Å². The Kier molecular flexibility index (Phi) is 2.44. The Morgan fingerprint density at radius 1 is 0.250 bits per heavy atom. The highest BCUT2D eigenvalue weighted by Crippen LogP contribution is 2.51. The van der Waals surface area contributed by atoms with Crippen molar-refractivity contribution in [2.75, 3.05) is 0 Å². The standard InChI is InChI=1S/C32H16/c1-2-9-22-21(8-1)24-14-13-18-6-4-10-23-26-15-19-7-3-5-17-11-12-20-16-25(22)32(30(24)28(18)23)31(26)29(20)27(17)19/h1-16H. The minimum Gasteiger partial charge on any atom is -0.0616 e. The van der Waals surface area contributed by atoms with E-state index in [-0.39, 0.29) is 0 Å². The van der Waals surface area contributed by atoms with Gasteiger partial charge in [0.25, 0.3) is 0 Å². The SMILES string of the molecule is c1cc2ccc3cc4c5ccccc5c5ccc6cccc7c8cc(c1)c2c3c8c4c5c67. The Balaban J connectivity index is 1.82. The third-order valence-electron chi connectivity index (χ3n) is 7.84. The molecule has 0 aromatic heterocycles. The molecule has 9 aromatic carbocycles. The third-order valence-corrected chi connectivity index (χ3v) is 7.84. The molecule has 0 bridgehead atoms. The molecule has 0 nitrogen and oxygen atoms in total. The molecule has 0 aliphatic carbocycles. The lowest BCUT2D eigenvalue weighted by Crippen LogP contribution is -1.94. The first kappa shape index (κ1) is 15.6. The van der Waals surface area contributed by atoms with Gasteiger partial charge in [-0.3, -0.25) is 0 Å². The van der Waals surface area contributed by atoms with Crippen molar-refractivity contribution in [2.24, 2.45) is 0 Å². The van der Waals surface area contributed by atoms with Crippen LogP contribution in [0.2, 0.25) is 0 Å². The lowest BCUT2D eigenvalue weighted by atomic mass is 9.80. The van der Waals surface area contributed by atoms with Crippen LogP contribution in [0.15, 0.2) is 97.1 Å². The molecule has 0 heterocycles. The van der Waals surface area contributed by atoms with Crippen molar-refractivity contribution >= 4 is 86.2 Å². The summed E-state index contributed by atoms with van der Waals surface area (Å²) in [5, 5.41) is 22.1. The van der Waals surface area contributed by atoms with E-state index in [1.54, 1.807) is 0 Å². The van der Waals surface area contributed by atoms with Crippen molar-refractivity contribution in [3.05, 3.63) is 97.1 Å². The molecule has 0 saturated carbocycles. The first-order valence-electron chi connectivity index (χ1n) is 11.3. The Morgan fingerprint density at radius 3 is 1.62 bits per heavy atom. The Hall–Kier alpha value is -4.16. The zero-order valence-corrected chi connectivity index (χ0v) is 17.2. The number of hydrogen-bond acceptors (Lipinski definition) is 0. The first-order chi connectivity index (χ1) is 15.9. The molecule has 0 amide bonds. The molecule has 0 unspecified atom stereocenters. The molecule has 0 N–H and O–H groups in total. The van der Waals surface area contributed by atoms with Gasteiger partial charge in [-0.15, -0.1) is 0 Å². The summed E-state index contributed by atoms with van der Waals surface area (Å²) in [7, 11) is 0. The second-order valence-corrected chi connectivity index (χ2v) is 9.28. The first-order valence-corrected chi connectivity index (χ1v) is 11.3. The van der Waals surface area contributed by atoms with E-state index < -0.39 is 0 Å². The highest BCUT2D eigenvalue weighted by atomic mass is 14.2. The molecule has 9 aromatic rings. The molecule has 0 fully saturated rings. The molecule has 0 saturated heterocycles. The summed E-state index contributed by atoms with van der Waals surface area (Å²) in [4.78, 5) is 0. The van der Waals surface area contributed by atoms with Gasteiger partial charge in [0.15, 0.2) is 0 Å². The highest BCUT2D eigenvalue weighted by molar-refractivity contribution is 6.48. The second-order valence-electron chi connectivity index (χ2n) is 9.28. The molecule has 0 heteroatoms. The summed E-state index contributed by atoms with van der Waals surface area (Å²) in [6.45, 7) is 0. The van der Waals surface area contributed by atoms with E-state index >= 15 is 0 Å². The van der Waals surface area contributed by atoms with Crippen molar-refractivity contribution < 1.29 is 0 Å². The van der Waals surface area contributed by atoms with E-state index in [9.17, 15) is 0 Å². The summed E-state index contributed by atoms with van der Waals surface area (Å²) in [6.07, 6.45) is 0. The van der Waals surface area contributed by atoms with Gasteiger partial charge in [-0.2, -0.15) is 0 Å². The molecular formula is C32H16. The molecular weight excluding hydrogens is 384 g/mol. The van der Waals surface area contributed by atoms with E-state index in [1.807, 2.05) is 0 Å². The Morgan fingerprint density at radius 2 is 0.750 bits per heavy atom. The summed E-state index contributed by atoms with van der Waals surface area (Å²) in [6, 6.07) is 36.6. The normalized spacial score (nSPS) is 13.0. The van der Waals surface area contributed by atoms with Gasteiger partial charge in [0, 0.05) is 0 Å². The zero-order valence-electron chi connectivity index (χ0n) is 17.2. The van der Waals surface area contributed by atoms with Crippen molar-refractivity contribution in [3.8, 4) is 0 Å². The van der Waals surface area contributed by atoms with Crippen LogP contribution in [-0.2, 0) is 0 Å². The maximum absolute atomic E-state index is 2.45. The fourth-order valence-corrected chi connectivity index (χ4v) is 6.64. The average Bonchev–Trinajstić information content (AvgIpc) is 2.85. The largest absolute Gasteiger partial charge is 0.0616 e. The highest BCUT2D eigenvalue weighted by Gasteiger charge is 2.22. The van der Waals surface area contributed by atoms with Gasteiger partial charge in [0.05, 0.1) is 0 Å². The van der Waals surface area contributed by atoms with E-state index in [1.165, 1.54) is 86.2 Å². The van der Waals surface area contributed by atoms with Crippen molar-refractivity contribution in [1.29, 1.82) is 0 Å². The molecule has 0 aliphatic rings. The number of hydrogen-bond donors (Lipinski definition) is 0. The van der Waals surface area contributed by atoms with Crippen LogP contribution in [0.25, 0.3) is 86.2 Å². The molecule has 0 spiro atoms. The molecule has 0 aliphatic heterocycles. The smallest absolute Gasteiger partial charge is 0.000697 e. The van der Waals surface area contributed by atoms with Gasteiger partial charge in [-0.1, -0.05) is 84.9 Å². The molecule has 9 rings (SSSR count). The summed E-state index contributed by atoms with van der Waals surface area (Å²) in [5.41, 5.74) is 0. The van der Waals surface area contributed by atoms with Crippen molar-refractivity contribution in [3.63, 3.8) is 0 Å². The summed E-state index contributed by atoms with van der Waals surface area (Å²) in [5.74, 6) is 0. The predicted molar refractivity (Wildman–Crippen MR) is 140 cm³/mol. The zero-order chi connectivity index (χ0) is 20.6. The monoisotopic (exact) mass is 400 g/mol. The lowest BCUT2D eigenvalue weighted by Gasteiger charge is -2.22. The summed E-state index contributed by atoms with van der Waals surface area (Å²) >= 11 is 0. The number of benzene rings is 9.